The predicted octanol–water partition coefficient (Wildman–Crippen LogP) is 0.680. The second-order valence-electron chi connectivity index (χ2n) is 1.39. The van der Waals surface area contributed by atoms with E-state index in [1.807, 2.05) is 0 Å². The first kappa shape index (κ1) is 8.25. The van der Waals surface area contributed by atoms with Gasteiger partial charge in [0.05, 0.1) is 0 Å². The van der Waals surface area contributed by atoms with Crippen molar-refractivity contribution in [1.29, 1.82) is 5.26 Å². The van der Waals surface area contributed by atoms with E-state index in [1.165, 1.54) is 6.92 Å². The first-order chi connectivity index (χ1) is 4.20. The molecule has 0 aliphatic heterocycles. The van der Waals surface area contributed by atoms with E-state index >= 15 is 0 Å². The molecule has 9 heavy (non-hydrogen) atoms. The zero-order valence-electron chi connectivity index (χ0n) is 4.93. The lowest BCUT2D eigenvalue weighted by Gasteiger charge is -2.01. The van der Waals surface area contributed by atoms with Gasteiger partial charge in [-0.15, -0.1) is 11.6 Å². The first-order valence-corrected chi connectivity index (χ1v) is 2.89. The molecule has 0 aromatic carbocycles. The van der Waals surface area contributed by atoms with E-state index in [4.69, 9.17) is 16.9 Å². The SMILES string of the molecule is CC(C#N)OC(=O)CCl. The number of rotatable bonds is 2. The average Bonchev–Trinajstić information content (AvgIpc) is 1.87. The molecule has 0 rings (SSSR count). The van der Waals surface area contributed by atoms with E-state index in [2.05, 4.69) is 4.74 Å². The highest BCUT2D eigenvalue weighted by atomic mass is 35.5. The number of hydrogen-bond acceptors (Lipinski definition) is 3. The molecule has 0 aromatic heterocycles. The number of halogens is 1. The van der Waals surface area contributed by atoms with Crippen LogP contribution in [0.25, 0.3) is 0 Å². The van der Waals surface area contributed by atoms with Gasteiger partial charge in [0.25, 0.3) is 0 Å². The Hall–Kier alpha value is -0.750. The summed E-state index contributed by atoms with van der Waals surface area (Å²) in [5.41, 5.74) is 0. The standard InChI is InChI=1S/C5H6ClNO2/c1-4(3-7)9-5(8)2-6/h4H,2H2,1H3. The quantitative estimate of drug-likeness (QED) is 0.426. The smallest absolute Gasteiger partial charge is 0.322 e. The summed E-state index contributed by atoms with van der Waals surface area (Å²) in [4.78, 5) is 10.3. The summed E-state index contributed by atoms with van der Waals surface area (Å²) in [6.45, 7) is 1.48. The van der Waals surface area contributed by atoms with Gasteiger partial charge >= 0.3 is 5.97 Å². The number of alkyl halides is 1. The summed E-state index contributed by atoms with van der Waals surface area (Å²) >= 11 is 5.07. The van der Waals surface area contributed by atoms with Crippen molar-refractivity contribution in [2.75, 3.05) is 5.88 Å². The molecule has 0 heterocycles. The molecular formula is C5H6ClNO2. The van der Waals surface area contributed by atoms with Crippen molar-refractivity contribution >= 4 is 17.6 Å². The Bertz CT molecular complexity index is 140. The van der Waals surface area contributed by atoms with Crippen LogP contribution in [-0.4, -0.2) is 18.0 Å². The second kappa shape index (κ2) is 4.16. The molecule has 50 valence electrons. The minimum atomic E-state index is -0.698. The van der Waals surface area contributed by atoms with Crippen LogP contribution in [-0.2, 0) is 9.53 Å². The second-order valence-corrected chi connectivity index (χ2v) is 1.66. The van der Waals surface area contributed by atoms with Crippen LogP contribution < -0.4 is 0 Å². The minimum Gasteiger partial charge on any atom is -0.446 e. The topological polar surface area (TPSA) is 50.1 Å². The lowest BCUT2D eigenvalue weighted by Crippen LogP contribution is -2.13. The molecule has 0 saturated heterocycles. The highest BCUT2D eigenvalue weighted by Gasteiger charge is 2.04. The highest BCUT2D eigenvalue weighted by Crippen LogP contribution is 1.89. The minimum absolute atomic E-state index is 0.202. The molecule has 0 aliphatic rings. The number of nitriles is 1. The molecule has 0 spiro atoms. The van der Waals surface area contributed by atoms with Crippen LogP contribution in [0.1, 0.15) is 6.92 Å². The Labute approximate surface area is 58.2 Å². The fraction of sp³-hybridized carbons (Fsp3) is 0.600. The van der Waals surface area contributed by atoms with Crippen molar-refractivity contribution < 1.29 is 9.53 Å². The van der Waals surface area contributed by atoms with Crippen molar-refractivity contribution in [1.82, 2.24) is 0 Å². The maximum absolute atomic E-state index is 10.3. The fourth-order valence-electron chi connectivity index (χ4n) is 0.255. The van der Waals surface area contributed by atoms with Crippen LogP contribution in [0, 0.1) is 11.3 Å². The Morgan fingerprint density at radius 3 is 2.89 bits per heavy atom. The maximum Gasteiger partial charge on any atom is 0.322 e. The van der Waals surface area contributed by atoms with Gasteiger partial charge in [-0.25, -0.2) is 0 Å². The average molecular weight is 148 g/mol. The van der Waals surface area contributed by atoms with Crippen LogP contribution >= 0.6 is 11.6 Å². The lowest BCUT2D eigenvalue weighted by molar-refractivity contribution is -0.142. The third-order valence-electron chi connectivity index (χ3n) is 0.599. The van der Waals surface area contributed by atoms with Gasteiger partial charge in [0, 0.05) is 0 Å². The summed E-state index contributed by atoms with van der Waals surface area (Å²) in [6.07, 6.45) is -0.698. The van der Waals surface area contributed by atoms with Crippen molar-refractivity contribution in [3.8, 4) is 6.07 Å². The zero-order valence-corrected chi connectivity index (χ0v) is 5.68. The summed E-state index contributed by atoms with van der Waals surface area (Å²) in [5, 5.41) is 8.11. The van der Waals surface area contributed by atoms with Gasteiger partial charge in [-0.05, 0) is 6.92 Å². The van der Waals surface area contributed by atoms with E-state index in [-0.39, 0.29) is 5.88 Å². The third kappa shape index (κ3) is 3.80. The van der Waals surface area contributed by atoms with Gasteiger partial charge in [0.1, 0.15) is 11.9 Å². The van der Waals surface area contributed by atoms with Crippen LogP contribution in [0.2, 0.25) is 0 Å². The molecular weight excluding hydrogens is 142 g/mol. The number of carbonyl (C=O) groups excluding carboxylic acids is 1. The summed E-state index contributed by atoms with van der Waals surface area (Å²) in [7, 11) is 0. The summed E-state index contributed by atoms with van der Waals surface area (Å²) in [6, 6.07) is 1.73. The molecule has 0 radical (unpaired) electrons. The molecule has 0 aliphatic carbocycles. The van der Waals surface area contributed by atoms with Crippen molar-refractivity contribution in [3.63, 3.8) is 0 Å². The molecule has 0 N–H and O–H groups in total. The van der Waals surface area contributed by atoms with E-state index in [0.717, 1.165) is 0 Å². The van der Waals surface area contributed by atoms with Gasteiger partial charge < -0.3 is 4.74 Å². The molecule has 0 saturated carbocycles. The summed E-state index contributed by atoms with van der Waals surface area (Å²) in [5.74, 6) is -0.767. The van der Waals surface area contributed by atoms with Crippen LogP contribution in [0.4, 0.5) is 0 Å². The van der Waals surface area contributed by atoms with Crippen LogP contribution in [0.5, 0.6) is 0 Å². The third-order valence-corrected chi connectivity index (χ3v) is 0.817. The number of ether oxygens (including phenoxy) is 1. The van der Waals surface area contributed by atoms with Crippen molar-refractivity contribution in [2.45, 2.75) is 13.0 Å². The van der Waals surface area contributed by atoms with E-state index in [1.54, 1.807) is 6.07 Å². The molecule has 0 fully saturated rings. The Morgan fingerprint density at radius 2 is 2.56 bits per heavy atom. The fourth-order valence-corrected chi connectivity index (χ4v) is 0.318. The van der Waals surface area contributed by atoms with Gasteiger partial charge in [-0.2, -0.15) is 5.26 Å². The van der Waals surface area contributed by atoms with Gasteiger partial charge in [0.15, 0.2) is 6.10 Å². The normalized spacial score (nSPS) is 11.7. The molecule has 1 atom stereocenters. The highest BCUT2D eigenvalue weighted by molar-refractivity contribution is 6.26. The van der Waals surface area contributed by atoms with E-state index in [9.17, 15) is 4.79 Å². The molecule has 4 heteroatoms. The Kier molecular flexibility index (Phi) is 3.81. The predicted molar refractivity (Wildman–Crippen MR) is 31.9 cm³/mol. The Morgan fingerprint density at radius 1 is 2.00 bits per heavy atom. The first-order valence-electron chi connectivity index (χ1n) is 2.35. The molecule has 1 unspecified atom stereocenters. The molecule has 0 amide bonds. The van der Waals surface area contributed by atoms with Gasteiger partial charge in [-0.1, -0.05) is 0 Å². The zero-order chi connectivity index (χ0) is 7.28. The Balaban J connectivity index is 3.50. The number of esters is 1. The van der Waals surface area contributed by atoms with Crippen molar-refractivity contribution in [2.24, 2.45) is 0 Å². The molecule has 0 bridgehead atoms. The number of nitrogens with zero attached hydrogens (tertiary/aromatic N) is 1. The summed E-state index contributed by atoms with van der Waals surface area (Å²) < 4.78 is 4.42. The van der Waals surface area contributed by atoms with E-state index in [0.29, 0.717) is 0 Å². The van der Waals surface area contributed by atoms with E-state index < -0.39 is 12.1 Å². The molecule has 3 nitrogen and oxygen atoms in total. The number of hydrogen-bond donors (Lipinski definition) is 0. The van der Waals surface area contributed by atoms with Crippen LogP contribution in [0.3, 0.4) is 0 Å². The van der Waals surface area contributed by atoms with Gasteiger partial charge in [0.2, 0.25) is 0 Å². The van der Waals surface area contributed by atoms with Crippen molar-refractivity contribution in [3.05, 3.63) is 0 Å². The monoisotopic (exact) mass is 147 g/mol. The molecule has 0 aromatic rings. The van der Waals surface area contributed by atoms with Gasteiger partial charge in [-0.3, -0.25) is 4.79 Å². The largest absolute Gasteiger partial charge is 0.446 e. The lowest BCUT2D eigenvalue weighted by atomic mass is 10.5. The van der Waals surface area contributed by atoms with Crippen LogP contribution in [0.15, 0.2) is 0 Å². The maximum atomic E-state index is 10.3. The number of carbonyl (C=O) groups is 1.